The first-order valence-corrected chi connectivity index (χ1v) is 8.49. The number of hydrogen-bond acceptors (Lipinski definition) is 6. The van der Waals surface area contributed by atoms with Gasteiger partial charge in [0.15, 0.2) is 16.7 Å². The van der Waals surface area contributed by atoms with Gasteiger partial charge in [-0.15, -0.1) is 0 Å². The summed E-state index contributed by atoms with van der Waals surface area (Å²) in [6.45, 7) is 0. The number of para-hydroxylation sites is 2. The molecule has 1 aliphatic heterocycles. The number of aromatic nitrogens is 4. The Labute approximate surface area is 146 Å². The van der Waals surface area contributed by atoms with E-state index in [0.717, 1.165) is 27.2 Å². The first-order chi connectivity index (χ1) is 12.2. The molecule has 0 saturated heterocycles. The molecule has 1 aliphatic rings. The number of methoxy groups -OCH3 is 1. The molecule has 0 spiro atoms. The first-order valence-electron chi connectivity index (χ1n) is 7.51. The van der Waals surface area contributed by atoms with Crippen LogP contribution in [0, 0.1) is 0 Å². The van der Waals surface area contributed by atoms with Gasteiger partial charge in [0.2, 0.25) is 5.91 Å². The highest BCUT2D eigenvalue weighted by Gasteiger charge is 2.23. The van der Waals surface area contributed by atoms with E-state index in [2.05, 4.69) is 15.0 Å². The Bertz CT molecular complexity index is 1090. The summed E-state index contributed by atoms with van der Waals surface area (Å²) in [7, 11) is 1.51. The number of fused-ring (bicyclic) bond motifs is 4. The third-order valence-electron chi connectivity index (χ3n) is 3.83. The van der Waals surface area contributed by atoms with E-state index in [1.807, 2.05) is 24.3 Å². The number of nitrogens with zero attached hydrogens (tertiary/aromatic N) is 3. The number of benzene rings is 2. The lowest BCUT2D eigenvalue weighted by molar-refractivity contribution is 0.0944. The van der Waals surface area contributed by atoms with E-state index in [1.54, 1.807) is 23.0 Å². The monoisotopic (exact) mass is 354 g/mol. The van der Waals surface area contributed by atoms with Gasteiger partial charge in [0.1, 0.15) is 0 Å². The number of carbonyl (C=O) groups excluding carboxylic acids is 1. The molecule has 3 heterocycles. The van der Waals surface area contributed by atoms with Crippen molar-refractivity contribution in [2.75, 3.05) is 12.9 Å². The summed E-state index contributed by atoms with van der Waals surface area (Å²) in [5.41, 5.74) is 3.41. The minimum atomic E-state index is 0.120. The highest BCUT2D eigenvalue weighted by atomic mass is 32.2. The van der Waals surface area contributed by atoms with E-state index in [1.165, 1.54) is 18.9 Å². The lowest BCUT2D eigenvalue weighted by atomic mass is 10.3. The molecule has 25 heavy (non-hydrogen) atoms. The maximum absolute atomic E-state index is 11.4. The Morgan fingerprint density at radius 2 is 2.12 bits per heavy atom. The number of ether oxygens (including phenoxy) is 1. The van der Waals surface area contributed by atoms with Crippen LogP contribution >= 0.6 is 11.8 Å². The topological polar surface area (TPSA) is 93.0 Å². The zero-order valence-corrected chi connectivity index (χ0v) is 14.1. The summed E-state index contributed by atoms with van der Waals surface area (Å²) in [6, 6.07) is 11.0. The third-order valence-corrected chi connectivity index (χ3v) is 4.75. The molecular weight excluding hydrogens is 340 g/mol. The van der Waals surface area contributed by atoms with Crippen LogP contribution in [0.25, 0.3) is 22.1 Å². The Hall–Kier alpha value is -3.00. The zero-order valence-electron chi connectivity index (χ0n) is 13.3. The fourth-order valence-electron chi connectivity index (χ4n) is 2.65. The second kappa shape index (κ2) is 6.14. The Balaban J connectivity index is 0.000000126. The standard InChI is InChI=1S/C9H6N2OS.C8H8N2O2/c12-8-5-13-9-10-6-3-1-2-4-7(6)11(8)9;1-12-8-3-6-5(2-7(8)11)9-4-10-6/h1-4H,5H2;2-4,11H,1H3,(H,9,10). The molecule has 0 saturated carbocycles. The molecule has 2 N–H and O–H groups in total. The number of hydrogen-bond donors (Lipinski definition) is 2. The molecule has 0 atom stereocenters. The number of phenolic OH excluding ortho intramolecular Hbond substituents is 1. The number of thioether (sulfide) groups is 1. The normalized spacial score (nSPS) is 12.9. The lowest BCUT2D eigenvalue weighted by Gasteiger charge is -2.01. The van der Waals surface area contributed by atoms with Crippen molar-refractivity contribution in [1.29, 1.82) is 0 Å². The van der Waals surface area contributed by atoms with Crippen molar-refractivity contribution in [2.45, 2.75) is 5.16 Å². The number of nitrogens with one attached hydrogen (secondary N) is 1. The van der Waals surface area contributed by atoms with Crippen LogP contribution in [0.3, 0.4) is 0 Å². The van der Waals surface area contributed by atoms with E-state index in [4.69, 9.17) is 4.74 Å². The average molecular weight is 354 g/mol. The van der Waals surface area contributed by atoms with E-state index < -0.39 is 0 Å². The molecule has 0 fully saturated rings. The van der Waals surface area contributed by atoms with E-state index in [-0.39, 0.29) is 11.7 Å². The SMILES string of the molecule is COc1cc2nc[nH]c2cc1O.O=C1CSc2nc3ccccc3n21. The van der Waals surface area contributed by atoms with Crippen molar-refractivity contribution in [2.24, 2.45) is 0 Å². The molecule has 0 aliphatic carbocycles. The summed E-state index contributed by atoms with van der Waals surface area (Å²) in [4.78, 5) is 22.7. The van der Waals surface area contributed by atoms with Crippen molar-refractivity contribution in [3.63, 3.8) is 0 Å². The molecule has 0 unspecified atom stereocenters. The molecule has 8 heteroatoms. The molecule has 7 nitrogen and oxygen atoms in total. The number of aromatic amines is 1. The molecule has 0 radical (unpaired) electrons. The Kier molecular flexibility index (Phi) is 3.81. The van der Waals surface area contributed by atoms with Gasteiger partial charge in [0, 0.05) is 12.1 Å². The maximum atomic E-state index is 11.4. The van der Waals surface area contributed by atoms with Crippen LogP contribution in [-0.4, -0.2) is 43.4 Å². The molecule has 2 aromatic heterocycles. The van der Waals surface area contributed by atoms with Gasteiger partial charge in [-0.05, 0) is 12.1 Å². The first kappa shape index (κ1) is 15.5. The van der Waals surface area contributed by atoms with Gasteiger partial charge in [0.25, 0.3) is 0 Å². The summed E-state index contributed by atoms with van der Waals surface area (Å²) in [5.74, 6) is 1.21. The predicted octanol–water partition coefficient (Wildman–Crippen LogP) is 3.06. The number of imidazole rings is 2. The number of phenols is 1. The number of H-pyrrole nitrogens is 1. The van der Waals surface area contributed by atoms with Gasteiger partial charge >= 0.3 is 0 Å². The van der Waals surface area contributed by atoms with Crippen molar-refractivity contribution in [3.05, 3.63) is 42.7 Å². The van der Waals surface area contributed by atoms with Gasteiger partial charge in [-0.2, -0.15) is 0 Å². The molecular formula is C17H14N4O3S. The van der Waals surface area contributed by atoms with Crippen LogP contribution in [0.5, 0.6) is 11.5 Å². The fraction of sp³-hybridized carbons (Fsp3) is 0.118. The van der Waals surface area contributed by atoms with Crippen LogP contribution < -0.4 is 4.74 Å². The van der Waals surface area contributed by atoms with Crippen molar-refractivity contribution in [3.8, 4) is 11.5 Å². The van der Waals surface area contributed by atoms with Gasteiger partial charge in [0.05, 0.1) is 41.3 Å². The average Bonchev–Trinajstić information content (AvgIpc) is 3.30. The number of rotatable bonds is 1. The Morgan fingerprint density at radius 1 is 1.28 bits per heavy atom. The molecule has 126 valence electrons. The summed E-state index contributed by atoms with van der Waals surface area (Å²) in [5, 5.41) is 10.2. The van der Waals surface area contributed by atoms with Gasteiger partial charge in [-0.3, -0.25) is 9.36 Å². The smallest absolute Gasteiger partial charge is 0.243 e. The lowest BCUT2D eigenvalue weighted by Crippen LogP contribution is -2.05. The second-order valence-electron chi connectivity index (χ2n) is 5.34. The quantitative estimate of drug-likeness (QED) is 0.546. The van der Waals surface area contributed by atoms with Crippen LogP contribution in [0.2, 0.25) is 0 Å². The van der Waals surface area contributed by atoms with Gasteiger partial charge < -0.3 is 14.8 Å². The fourth-order valence-corrected chi connectivity index (χ4v) is 3.52. The van der Waals surface area contributed by atoms with Gasteiger partial charge in [-0.1, -0.05) is 23.9 Å². The highest BCUT2D eigenvalue weighted by molar-refractivity contribution is 8.00. The van der Waals surface area contributed by atoms with Crippen LogP contribution in [0.1, 0.15) is 4.79 Å². The van der Waals surface area contributed by atoms with Crippen molar-refractivity contribution in [1.82, 2.24) is 19.5 Å². The van der Waals surface area contributed by atoms with Crippen LogP contribution in [-0.2, 0) is 0 Å². The second-order valence-corrected chi connectivity index (χ2v) is 6.29. The van der Waals surface area contributed by atoms with Crippen LogP contribution in [0.4, 0.5) is 0 Å². The summed E-state index contributed by atoms with van der Waals surface area (Å²) in [6.07, 6.45) is 1.57. The Morgan fingerprint density at radius 3 is 2.96 bits per heavy atom. The maximum Gasteiger partial charge on any atom is 0.243 e. The molecule has 0 bridgehead atoms. The van der Waals surface area contributed by atoms with Crippen molar-refractivity contribution < 1.29 is 14.6 Å². The van der Waals surface area contributed by atoms with E-state index >= 15 is 0 Å². The van der Waals surface area contributed by atoms with E-state index in [9.17, 15) is 9.90 Å². The third kappa shape index (κ3) is 2.70. The zero-order chi connectivity index (χ0) is 17.4. The molecule has 5 rings (SSSR count). The minimum absolute atomic E-state index is 0.120. The van der Waals surface area contributed by atoms with E-state index in [0.29, 0.717) is 11.5 Å². The largest absolute Gasteiger partial charge is 0.504 e. The number of carbonyl (C=O) groups is 1. The minimum Gasteiger partial charge on any atom is -0.504 e. The van der Waals surface area contributed by atoms with Crippen LogP contribution in [0.15, 0.2) is 47.9 Å². The number of aromatic hydroxyl groups is 1. The summed E-state index contributed by atoms with van der Waals surface area (Å²) < 4.78 is 6.61. The highest BCUT2D eigenvalue weighted by Crippen LogP contribution is 2.30. The molecule has 2 aromatic carbocycles. The summed E-state index contributed by atoms with van der Waals surface area (Å²) >= 11 is 1.50. The van der Waals surface area contributed by atoms with Crippen molar-refractivity contribution >= 4 is 39.7 Å². The van der Waals surface area contributed by atoms with Gasteiger partial charge in [-0.25, -0.2) is 9.97 Å². The molecule has 0 amide bonds. The molecule has 4 aromatic rings. The predicted molar refractivity (Wildman–Crippen MR) is 95.4 cm³/mol.